The molecule has 1 fully saturated rings. The molecule has 26 heavy (non-hydrogen) atoms. The molecule has 0 saturated carbocycles. The molecule has 0 spiro atoms. The Kier molecular flexibility index (Phi) is 5.79. The van der Waals surface area contributed by atoms with Crippen molar-refractivity contribution in [3.05, 3.63) is 46.8 Å². The molecular formula is C19H27N3O3S. The SMILES string of the molecule is Cc1noc(C)c1CN1CCCN(Cc2ccc(S(C)(=O)=O)cc2)CC1. The second-order valence-electron chi connectivity index (χ2n) is 7.12. The van der Waals surface area contributed by atoms with E-state index in [0.717, 1.165) is 62.7 Å². The van der Waals surface area contributed by atoms with E-state index in [0.29, 0.717) is 4.90 Å². The minimum absolute atomic E-state index is 0.378. The summed E-state index contributed by atoms with van der Waals surface area (Å²) in [6, 6.07) is 7.24. The number of aromatic nitrogens is 1. The summed E-state index contributed by atoms with van der Waals surface area (Å²) in [4.78, 5) is 5.27. The summed E-state index contributed by atoms with van der Waals surface area (Å²) < 4.78 is 28.4. The van der Waals surface area contributed by atoms with Gasteiger partial charge in [-0.15, -0.1) is 0 Å². The highest BCUT2D eigenvalue weighted by molar-refractivity contribution is 7.90. The van der Waals surface area contributed by atoms with E-state index in [2.05, 4.69) is 15.0 Å². The Morgan fingerprint density at radius 1 is 1.00 bits per heavy atom. The topological polar surface area (TPSA) is 66.7 Å². The van der Waals surface area contributed by atoms with E-state index in [1.54, 1.807) is 12.1 Å². The minimum atomic E-state index is -3.13. The second kappa shape index (κ2) is 7.90. The van der Waals surface area contributed by atoms with Gasteiger partial charge in [0, 0.05) is 38.0 Å². The van der Waals surface area contributed by atoms with E-state index in [4.69, 9.17) is 4.52 Å². The standard InChI is InChI=1S/C19H27N3O3S/c1-15-19(16(2)25-20-15)14-22-10-4-9-21(11-12-22)13-17-5-7-18(8-6-17)26(3,23)24/h5-8H,4,9-14H2,1-3H3. The summed E-state index contributed by atoms with van der Waals surface area (Å²) in [7, 11) is -3.13. The lowest BCUT2D eigenvalue weighted by Gasteiger charge is -2.22. The number of hydrogen-bond acceptors (Lipinski definition) is 6. The quantitative estimate of drug-likeness (QED) is 0.797. The molecule has 0 N–H and O–H groups in total. The molecule has 1 aliphatic heterocycles. The van der Waals surface area contributed by atoms with Crippen LogP contribution in [0.25, 0.3) is 0 Å². The van der Waals surface area contributed by atoms with Crippen LogP contribution in [0.15, 0.2) is 33.7 Å². The highest BCUT2D eigenvalue weighted by Gasteiger charge is 2.18. The summed E-state index contributed by atoms with van der Waals surface area (Å²) in [6.45, 7) is 9.82. The Morgan fingerprint density at radius 3 is 2.15 bits per heavy atom. The lowest BCUT2D eigenvalue weighted by molar-refractivity contribution is 0.246. The predicted molar refractivity (Wildman–Crippen MR) is 101 cm³/mol. The molecular weight excluding hydrogens is 350 g/mol. The molecule has 3 rings (SSSR count). The third kappa shape index (κ3) is 4.72. The summed E-state index contributed by atoms with van der Waals surface area (Å²) in [5.74, 6) is 0.912. The molecule has 0 amide bonds. The van der Waals surface area contributed by atoms with E-state index >= 15 is 0 Å². The van der Waals surface area contributed by atoms with Gasteiger partial charge in [-0.3, -0.25) is 9.80 Å². The van der Waals surface area contributed by atoms with E-state index in [1.807, 2.05) is 26.0 Å². The van der Waals surface area contributed by atoms with Crippen LogP contribution in [0, 0.1) is 13.8 Å². The third-order valence-corrected chi connectivity index (χ3v) is 6.13. The van der Waals surface area contributed by atoms with Gasteiger partial charge in [-0.25, -0.2) is 8.42 Å². The Labute approximate surface area is 155 Å². The van der Waals surface area contributed by atoms with Gasteiger partial charge in [0.15, 0.2) is 9.84 Å². The highest BCUT2D eigenvalue weighted by Crippen LogP contribution is 2.17. The van der Waals surface area contributed by atoms with Crippen molar-refractivity contribution in [1.29, 1.82) is 0 Å². The van der Waals surface area contributed by atoms with E-state index in [-0.39, 0.29) is 0 Å². The van der Waals surface area contributed by atoms with Crippen LogP contribution in [-0.4, -0.2) is 55.8 Å². The Morgan fingerprint density at radius 2 is 1.62 bits per heavy atom. The molecule has 1 aliphatic rings. The molecule has 6 nitrogen and oxygen atoms in total. The molecule has 2 aromatic rings. The Balaban J connectivity index is 1.57. The Hall–Kier alpha value is -1.70. The first-order valence-corrected chi connectivity index (χ1v) is 10.9. The van der Waals surface area contributed by atoms with Crippen molar-refractivity contribution >= 4 is 9.84 Å². The van der Waals surface area contributed by atoms with E-state index < -0.39 is 9.84 Å². The smallest absolute Gasteiger partial charge is 0.175 e. The van der Waals surface area contributed by atoms with Crippen molar-refractivity contribution in [2.24, 2.45) is 0 Å². The van der Waals surface area contributed by atoms with Gasteiger partial charge in [0.2, 0.25) is 0 Å². The van der Waals surface area contributed by atoms with Gasteiger partial charge < -0.3 is 4.52 Å². The van der Waals surface area contributed by atoms with Crippen LogP contribution in [0.2, 0.25) is 0 Å². The monoisotopic (exact) mass is 377 g/mol. The van der Waals surface area contributed by atoms with Crippen molar-refractivity contribution in [3.8, 4) is 0 Å². The lowest BCUT2D eigenvalue weighted by Crippen LogP contribution is -2.30. The van der Waals surface area contributed by atoms with Gasteiger partial charge in [-0.1, -0.05) is 17.3 Å². The van der Waals surface area contributed by atoms with Gasteiger partial charge in [0.1, 0.15) is 5.76 Å². The molecule has 1 saturated heterocycles. The van der Waals surface area contributed by atoms with Crippen LogP contribution in [0.4, 0.5) is 0 Å². The third-order valence-electron chi connectivity index (χ3n) is 5.00. The van der Waals surface area contributed by atoms with Gasteiger partial charge in [-0.2, -0.15) is 0 Å². The number of sulfone groups is 1. The predicted octanol–water partition coefficient (Wildman–Crippen LogP) is 2.40. The van der Waals surface area contributed by atoms with Gasteiger partial charge in [-0.05, 0) is 51.1 Å². The largest absolute Gasteiger partial charge is 0.361 e. The van der Waals surface area contributed by atoms with Crippen LogP contribution < -0.4 is 0 Å². The van der Waals surface area contributed by atoms with Crippen molar-refractivity contribution in [2.75, 3.05) is 32.4 Å². The second-order valence-corrected chi connectivity index (χ2v) is 9.14. The normalized spacial score (nSPS) is 17.3. The summed E-state index contributed by atoms with van der Waals surface area (Å²) >= 11 is 0. The number of benzene rings is 1. The average molecular weight is 378 g/mol. The van der Waals surface area contributed by atoms with Crippen molar-refractivity contribution < 1.29 is 12.9 Å². The van der Waals surface area contributed by atoms with Crippen LogP contribution >= 0.6 is 0 Å². The van der Waals surface area contributed by atoms with Crippen LogP contribution in [0.5, 0.6) is 0 Å². The zero-order chi connectivity index (χ0) is 18.7. The maximum absolute atomic E-state index is 11.6. The fourth-order valence-corrected chi connectivity index (χ4v) is 4.02. The molecule has 0 bridgehead atoms. The first-order chi connectivity index (χ1) is 12.3. The number of rotatable bonds is 5. The summed E-state index contributed by atoms with van der Waals surface area (Å²) in [5.41, 5.74) is 3.33. The molecule has 7 heteroatoms. The fourth-order valence-electron chi connectivity index (χ4n) is 3.39. The zero-order valence-electron chi connectivity index (χ0n) is 15.7. The van der Waals surface area contributed by atoms with Gasteiger partial charge in [0.25, 0.3) is 0 Å². The molecule has 2 heterocycles. The molecule has 0 unspecified atom stereocenters. The number of nitrogens with zero attached hydrogens (tertiary/aromatic N) is 3. The summed E-state index contributed by atoms with van der Waals surface area (Å²) in [5, 5.41) is 4.05. The molecule has 0 atom stereocenters. The Bertz CT molecular complexity index is 824. The number of aryl methyl sites for hydroxylation is 2. The molecule has 142 valence electrons. The van der Waals surface area contributed by atoms with Gasteiger partial charge in [0.05, 0.1) is 10.6 Å². The minimum Gasteiger partial charge on any atom is -0.361 e. The lowest BCUT2D eigenvalue weighted by atomic mass is 10.2. The maximum atomic E-state index is 11.6. The zero-order valence-corrected chi connectivity index (χ0v) is 16.6. The van der Waals surface area contributed by atoms with Crippen molar-refractivity contribution in [2.45, 2.75) is 38.3 Å². The summed E-state index contributed by atoms with van der Waals surface area (Å²) in [6.07, 6.45) is 2.36. The molecule has 0 radical (unpaired) electrons. The maximum Gasteiger partial charge on any atom is 0.175 e. The van der Waals surface area contributed by atoms with E-state index in [9.17, 15) is 8.42 Å². The molecule has 1 aromatic carbocycles. The highest BCUT2D eigenvalue weighted by atomic mass is 32.2. The molecule has 0 aliphatic carbocycles. The van der Waals surface area contributed by atoms with Gasteiger partial charge >= 0.3 is 0 Å². The van der Waals surface area contributed by atoms with Crippen LogP contribution in [-0.2, 0) is 22.9 Å². The average Bonchev–Trinajstić information content (AvgIpc) is 2.78. The van der Waals surface area contributed by atoms with E-state index in [1.165, 1.54) is 11.8 Å². The van der Waals surface area contributed by atoms with Crippen LogP contribution in [0.3, 0.4) is 0 Å². The van der Waals surface area contributed by atoms with Crippen LogP contribution in [0.1, 0.15) is 29.0 Å². The number of hydrogen-bond donors (Lipinski definition) is 0. The van der Waals surface area contributed by atoms with Crippen molar-refractivity contribution in [1.82, 2.24) is 15.0 Å². The first-order valence-electron chi connectivity index (χ1n) is 8.98. The fraction of sp³-hybridized carbons (Fsp3) is 0.526. The first kappa shape index (κ1) is 19.1. The molecule has 1 aromatic heterocycles. The van der Waals surface area contributed by atoms with Crippen molar-refractivity contribution in [3.63, 3.8) is 0 Å².